The van der Waals surface area contributed by atoms with Crippen LogP contribution in [0.1, 0.15) is 18.5 Å². The number of benzene rings is 2. The molecule has 3 N–H and O–H groups in total. The fourth-order valence-electron chi connectivity index (χ4n) is 2.46. The Labute approximate surface area is 128 Å². The highest BCUT2D eigenvalue weighted by Crippen LogP contribution is 2.30. The molecule has 0 amide bonds. The first-order valence-corrected chi connectivity index (χ1v) is 7.19. The summed E-state index contributed by atoms with van der Waals surface area (Å²) in [4.78, 5) is 4.35. The summed E-state index contributed by atoms with van der Waals surface area (Å²) < 4.78 is 0. The number of halogens is 1. The minimum atomic E-state index is 0.0886. The molecule has 0 bridgehead atoms. The average molecular weight is 298 g/mol. The van der Waals surface area contributed by atoms with Crippen LogP contribution in [0.2, 0.25) is 5.02 Å². The fraction of sp³-hybridized carbons (Fsp3) is 0.118. The summed E-state index contributed by atoms with van der Waals surface area (Å²) in [6.45, 7) is 2.08. The Morgan fingerprint density at radius 1 is 1.10 bits per heavy atom. The van der Waals surface area contributed by atoms with Gasteiger partial charge in [0.1, 0.15) is 0 Å². The van der Waals surface area contributed by atoms with Crippen LogP contribution < -0.4 is 11.1 Å². The summed E-state index contributed by atoms with van der Waals surface area (Å²) in [6, 6.07) is 15.7. The zero-order valence-electron chi connectivity index (χ0n) is 11.7. The van der Waals surface area contributed by atoms with Crippen LogP contribution in [0, 0.1) is 0 Å². The number of para-hydroxylation sites is 1. The van der Waals surface area contributed by atoms with Crippen LogP contribution in [0.4, 0.5) is 11.4 Å². The van der Waals surface area contributed by atoms with Crippen molar-refractivity contribution < 1.29 is 0 Å². The van der Waals surface area contributed by atoms with Crippen molar-refractivity contribution in [1.29, 1.82) is 0 Å². The van der Waals surface area contributed by atoms with Crippen LogP contribution in [0.3, 0.4) is 0 Å². The average Bonchev–Trinajstić information content (AvgIpc) is 2.49. The molecule has 0 radical (unpaired) electrons. The van der Waals surface area contributed by atoms with E-state index in [0.717, 1.165) is 27.2 Å². The van der Waals surface area contributed by atoms with Gasteiger partial charge >= 0.3 is 0 Å². The van der Waals surface area contributed by atoms with Crippen molar-refractivity contribution >= 4 is 33.9 Å². The van der Waals surface area contributed by atoms with Crippen LogP contribution in [-0.2, 0) is 0 Å². The number of fused-ring (bicyclic) bond motifs is 1. The highest BCUT2D eigenvalue weighted by atomic mass is 35.5. The van der Waals surface area contributed by atoms with E-state index in [1.54, 1.807) is 6.20 Å². The molecule has 1 heterocycles. The Hall–Kier alpha value is -2.26. The van der Waals surface area contributed by atoms with E-state index in [0.29, 0.717) is 5.69 Å². The number of pyridine rings is 1. The molecule has 0 aliphatic carbocycles. The summed E-state index contributed by atoms with van der Waals surface area (Å²) in [5, 5.41) is 5.26. The van der Waals surface area contributed by atoms with Gasteiger partial charge in [-0.2, -0.15) is 0 Å². The highest BCUT2D eigenvalue weighted by molar-refractivity contribution is 6.31. The first kappa shape index (κ1) is 13.7. The predicted molar refractivity (Wildman–Crippen MR) is 89.6 cm³/mol. The van der Waals surface area contributed by atoms with Gasteiger partial charge in [-0.1, -0.05) is 41.9 Å². The molecule has 4 heteroatoms. The summed E-state index contributed by atoms with van der Waals surface area (Å²) in [7, 11) is 0. The molecule has 3 nitrogen and oxygen atoms in total. The van der Waals surface area contributed by atoms with E-state index in [1.807, 2.05) is 48.5 Å². The van der Waals surface area contributed by atoms with Crippen molar-refractivity contribution in [3.05, 3.63) is 65.3 Å². The van der Waals surface area contributed by atoms with Gasteiger partial charge in [0.05, 0.1) is 17.2 Å². The van der Waals surface area contributed by atoms with Gasteiger partial charge < -0.3 is 11.1 Å². The predicted octanol–water partition coefficient (Wildman–Crippen LogP) is 4.64. The van der Waals surface area contributed by atoms with Gasteiger partial charge in [-0.25, -0.2) is 0 Å². The van der Waals surface area contributed by atoms with Crippen molar-refractivity contribution in [3.63, 3.8) is 0 Å². The zero-order valence-corrected chi connectivity index (χ0v) is 12.4. The molecule has 3 aromatic rings. The van der Waals surface area contributed by atoms with Crippen molar-refractivity contribution in [2.45, 2.75) is 13.0 Å². The van der Waals surface area contributed by atoms with E-state index in [2.05, 4.69) is 17.2 Å². The van der Waals surface area contributed by atoms with E-state index in [1.165, 1.54) is 0 Å². The number of aromatic nitrogens is 1. The van der Waals surface area contributed by atoms with Gasteiger partial charge in [0, 0.05) is 22.3 Å². The minimum absolute atomic E-state index is 0.0886. The fourth-order valence-corrected chi connectivity index (χ4v) is 2.76. The van der Waals surface area contributed by atoms with E-state index in [4.69, 9.17) is 17.3 Å². The molecule has 0 saturated heterocycles. The second kappa shape index (κ2) is 5.62. The minimum Gasteiger partial charge on any atom is -0.397 e. The maximum absolute atomic E-state index is 6.26. The van der Waals surface area contributed by atoms with Gasteiger partial charge in [0.15, 0.2) is 0 Å². The highest BCUT2D eigenvalue weighted by Gasteiger charge is 2.11. The maximum Gasteiger partial charge on any atom is 0.0951 e. The molecular weight excluding hydrogens is 282 g/mol. The molecule has 0 fully saturated rings. The van der Waals surface area contributed by atoms with Crippen molar-refractivity contribution in [3.8, 4) is 0 Å². The molecule has 1 atom stereocenters. The van der Waals surface area contributed by atoms with E-state index < -0.39 is 0 Å². The number of hydrogen-bond acceptors (Lipinski definition) is 3. The first-order chi connectivity index (χ1) is 10.2. The number of nitrogens with zero attached hydrogens (tertiary/aromatic N) is 1. The molecule has 2 aromatic carbocycles. The molecule has 0 aliphatic rings. The lowest BCUT2D eigenvalue weighted by Gasteiger charge is -2.18. The Balaban J connectivity index is 1.99. The normalized spacial score (nSPS) is 12.3. The topological polar surface area (TPSA) is 50.9 Å². The lowest BCUT2D eigenvalue weighted by Crippen LogP contribution is -2.08. The van der Waals surface area contributed by atoms with Crippen LogP contribution in [-0.4, -0.2) is 4.98 Å². The van der Waals surface area contributed by atoms with Crippen molar-refractivity contribution in [1.82, 2.24) is 4.98 Å². The van der Waals surface area contributed by atoms with Gasteiger partial charge in [-0.3, -0.25) is 4.98 Å². The molecule has 21 heavy (non-hydrogen) atoms. The number of nitrogens with two attached hydrogens (primary N) is 1. The van der Waals surface area contributed by atoms with Gasteiger partial charge in [0.25, 0.3) is 0 Å². The third-order valence-corrected chi connectivity index (χ3v) is 3.89. The summed E-state index contributed by atoms with van der Waals surface area (Å²) in [6.07, 6.45) is 1.76. The van der Waals surface area contributed by atoms with Crippen LogP contribution in [0.25, 0.3) is 10.9 Å². The van der Waals surface area contributed by atoms with E-state index in [9.17, 15) is 0 Å². The summed E-state index contributed by atoms with van der Waals surface area (Å²) in [5.41, 5.74) is 9.54. The standard InChI is InChI=1S/C17H16ClN3/c1-11(12-5-2-3-7-14(12)18)21-16-9-10-20-17-13(16)6-4-8-15(17)19/h2-11H,19H2,1H3,(H,20,21). The van der Waals surface area contributed by atoms with E-state index in [-0.39, 0.29) is 6.04 Å². The first-order valence-electron chi connectivity index (χ1n) is 6.81. The lowest BCUT2D eigenvalue weighted by atomic mass is 10.1. The Morgan fingerprint density at radius 2 is 1.90 bits per heavy atom. The summed E-state index contributed by atoms with van der Waals surface area (Å²) >= 11 is 6.26. The largest absolute Gasteiger partial charge is 0.397 e. The van der Waals surface area contributed by atoms with Crippen molar-refractivity contribution in [2.75, 3.05) is 11.1 Å². The smallest absolute Gasteiger partial charge is 0.0951 e. The molecule has 0 aliphatic heterocycles. The molecule has 1 aromatic heterocycles. The van der Waals surface area contributed by atoms with Gasteiger partial charge in [0.2, 0.25) is 0 Å². The lowest BCUT2D eigenvalue weighted by molar-refractivity contribution is 0.887. The number of rotatable bonds is 3. The number of hydrogen-bond donors (Lipinski definition) is 2. The van der Waals surface area contributed by atoms with Crippen LogP contribution >= 0.6 is 11.6 Å². The molecular formula is C17H16ClN3. The van der Waals surface area contributed by atoms with Crippen LogP contribution in [0.5, 0.6) is 0 Å². The quantitative estimate of drug-likeness (QED) is 0.692. The van der Waals surface area contributed by atoms with Gasteiger partial charge in [-0.15, -0.1) is 0 Å². The molecule has 0 saturated carbocycles. The number of nitrogen functional groups attached to an aromatic ring is 1. The number of anilines is 2. The Kier molecular flexibility index (Phi) is 3.67. The molecule has 0 spiro atoms. The van der Waals surface area contributed by atoms with Crippen molar-refractivity contribution in [2.24, 2.45) is 0 Å². The van der Waals surface area contributed by atoms with E-state index >= 15 is 0 Å². The SMILES string of the molecule is CC(Nc1ccnc2c(N)cccc12)c1ccccc1Cl. The third kappa shape index (κ3) is 2.65. The maximum atomic E-state index is 6.26. The van der Waals surface area contributed by atoms with Gasteiger partial charge in [-0.05, 0) is 30.7 Å². The number of nitrogens with one attached hydrogen (secondary N) is 1. The molecule has 1 unspecified atom stereocenters. The molecule has 3 rings (SSSR count). The zero-order chi connectivity index (χ0) is 14.8. The Morgan fingerprint density at radius 3 is 2.71 bits per heavy atom. The second-order valence-electron chi connectivity index (χ2n) is 4.99. The second-order valence-corrected chi connectivity index (χ2v) is 5.40. The monoisotopic (exact) mass is 297 g/mol. The molecule has 106 valence electrons. The third-order valence-electron chi connectivity index (χ3n) is 3.55. The van der Waals surface area contributed by atoms with Crippen LogP contribution in [0.15, 0.2) is 54.7 Å². The Bertz CT molecular complexity index is 786. The summed E-state index contributed by atoms with van der Waals surface area (Å²) in [5.74, 6) is 0.